The Balaban J connectivity index is 4.46. The van der Waals surface area contributed by atoms with E-state index in [4.69, 9.17) is 16.2 Å². The van der Waals surface area contributed by atoms with Crippen LogP contribution in [0.5, 0.6) is 0 Å². The fraction of sp³-hybridized carbons (Fsp3) is 0.875. The van der Waals surface area contributed by atoms with Gasteiger partial charge in [0.25, 0.3) is 0 Å². The van der Waals surface area contributed by atoms with Crippen molar-refractivity contribution >= 4 is 5.84 Å². The molecule has 0 aromatic carbocycles. The molecule has 0 amide bonds. The summed E-state index contributed by atoms with van der Waals surface area (Å²) in [5, 5.41) is 15.5. The molecule has 7 heteroatoms. The van der Waals surface area contributed by atoms with Crippen LogP contribution in [0.3, 0.4) is 0 Å². The van der Waals surface area contributed by atoms with Gasteiger partial charge in [-0.2, -0.15) is 13.2 Å². The molecule has 0 aliphatic heterocycles. The number of halogens is 3. The zero-order valence-electron chi connectivity index (χ0n) is 8.51. The first-order valence-electron chi connectivity index (χ1n) is 4.56. The predicted octanol–water partition coefficient (Wildman–Crippen LogP) is 0.415. The summed E-state index contributed by atoms with van der Waals surface area (Å²) >= 11 is 0. The third-order valence-electron chi connectivity index (χ3n) is 2.07. The van der Waals surface area contributed by atoms with Gasteiger partial charge in [-0.1, -0.05) is 6.92 Å². The van der Waals surface area contributed by atoms with Crippen LogP contribution in [0, 0.1) is 11.3 Å². The number of nitrogens with two attached hydrogens (primary N) is 1. The third kappa shape index (κ3) is 4.98. The normalized spacial score (nSPS) is 14.3. The summed E-state index contributed by atoms with van der Waals surface area (Å²) in [6.45, 7) is 1.62. The molecular formula is C8H16F3N3O. The van der Waals surface area contributed by atoms with Crippen LogP contribution < -0.4 is 5.73 Å². The number of amidine groups is 1. The summed E-state index contributed by atoms with van der Waals surface area (Å²) in [6, 6.07) is 0. The lowest BCUT2D eigenvalue weighted by molar-refractivity contribution is -0.160. The number of nitrogens with one attached hydrogen (secondary N) is 1. The molecule has 4 nitrogen and oxygen atoms in total. The summed E-state index contributed by atoms with van der Waals surface area (Å²) in [5.74, 6) is -2.84. The van der Waals surface area contributed by atoms with E-state index < -0.39 is 17.9 Å². The van der Waals surface area contributed by atoms with Crippen LogP contribution >= 0.6 is 0 Å². The van der Waals surface area contributed by atoms with Crippen molar-refractivity contribution in [2.24, 2.45) is 11.7 Å². The second-order valence-corrected chi connectivity index (χ2v) is 3.17. The van der Waals surface area contributed by atoms with Crippen molar-refractivity contribution in [2.75, 3.05) is 26.2 Å². The van der Waals surface area contributed by atoms with Crippen LogP contribution in [0.15, 0.2) is 0 Å². The van der Waals surface area contributed by atoms with Crippen LogP contribution in [-0.4, -0.2) is 48.3 Å². The molecule has 1 unspecified atom stereocenters. The zero-order valence-corrected chi connectivity index (χ0v) is 8.51. The fourth-order valence-electron chi connectivity index (χ4n) is 1.16. The number of hydrogen-bond donors (Lipinski definition) is 3. The van der Waals surface area contributed by atoms with Crippen LogP contribution in [0.25, 0.3) is 0 Å². The maximum atomic E-state index is 12.4. The Morgan fingerprint density at radius 1 is 1.53 bits per heavy atom. The third-order valence-corrected chi connectivity index (χ3v) is 2.07. The van der Waals surface area contributed by atoms with Gasteiger partial charge in [0.2, 0.25) is 0 Å². The van der Waals surface area contributed by atoms with Crippen molar-refractivity contribution in [3.63, 3.8) is 0 Å². The molecule has 0 aliphatic rings. The van der Waals surface area contributed by atoms with Gasteiger partial charge in [-0.3, -0.25) is 5.41 Å². The smallest absolute Gasteiger partial charge is 0.395 e. The summed E-state index contributed by atoms with van der Waals surface area (Å²) in [4.78, 5) is 1.40. The van der Waals surface area contributed by atoms with E-state index in [1.54, 1.807) is 6.92 Å². The monoisotopic (exact) mass is 227 g/mol. The number of aliphatic hydroxyl groups is 1. The second-order valence-electron chi connectivity index (χ2n) is 3.17. The first kappa shape index (κ1) is 14.2. The number of nitrogens with zero attached hydrogens (tertiary/aromatic N) is 1. The minimum atomic E-state index is -4.51. The second kappa shape index (κ2) is 5.92. The highest BCUT2D eigenvalue weighted by atomic mass is 19.4. The molecule has 15 heavy (non-hydrogen) atoms. The number of likely N-dealkylation sites (N-methyl/N-ethyl adjacent to an activating group) is 1. The average Bonchev–Trinajstić information content (AvgIpc) is 2.09. The SMILES string of the molecule is CCN(CCO)CC(C(=N)N)C(F)(F)F. The van der Waals surface area contributed by atoms with Crippen LogP contribution in [0.1, 0.15) is 6.92 Å². The van der Waals surface area contributed by atoms with Gasteiger partial charge >= 0.3 is 6.18 Å². The number of alkyl halides is 3. The van der Waals surface area contributed by atoms with Crippen LogP contribution in [0.4, 0.5) is 13.2 Å². The quantitative estimate of drug-likeness (QED) is 0.454. The Labute approximate surface area is 86.4 Å². The first-order valence-corrected chi connectivity index (χ1v) is 4.56. The Bertz CT molecular complexity index is 208. The van der Waals surface area contributed by atoms with Gasteiger partial charge < -0.3 is 15.7 Å². The highest BCUT2D eigenvalue weighted by Crippen LogP contribution is 2.26. The lowest BCUT2D eigenvalue weighted by Gasteiger charge is -2.26. The van der Waals surface area contributed by atoms with E-state index in [1.165, 1.54) is 4.90 Å². The van der Waals surface area contributed by atoms with Crippen molar-refractivity contribution < 1.29 is 18.3 Å². The fourth-order valence-corrected chi connectivity index (χ4v) is 1.16. The number of rotatable bonds is 6. The molecule has 90 valence electrons. The standard InChI is InChI=1S/C8H16F3N3O/c1-2-14(3-4-15)5-6(7(12)13)8(9,10)11/h6,15H,2-5H2,1H3,(H3,12,13). The van der Waals surface area contributed by atoms with Gasteiger partial charge in [0.15, 0.2) is 0 Å². The highest BCUT2D eigenvalue weighted by Gasteiger charge is 2.42. The largest absolute Gasteiger partial charge is 0.399 e. The highest BCUT2D eigenvalue weighted by molar-refractivity contribution is 5.80. The Morgan fingerprint density at radius 2 is 2.07 bits per heavy atom. The minimum Gasteiger partial charge on any atom is -0.395 e. The summed E-state index contributed by atoms with van der Waals surface area (Å²) in [7, 11) is 0. The minimum absolute atomic E-state index is 0.149. The summed E-state index contributed by atoms with van der Waals surface area (Å²) < 4.78 is 37.2. The van der Waals surface area contributed by atoms with Gasteiger partial charge in [0.1, 0.15) is 11.8 Å². The van der Waals surface area contributed by atoms with E-state index in [-0.39, 0.29) is 19.7 Å². The van der Waals surface area contributed by atoms with Crippen LogP contribution in [-0.2, 0) is 0 Å². The number of hydrogen-bond acceptors (Lipinski definition) is 3. The average molecular weight is 227 g/mol. The lowest BCUT2D eigenvalue weighted by atomic mass is 10.1. The maximum Gasteiger partial charge on any atom is 0.399 e. The molecule has 1 atom stereocenters. The topological polar surface area (TPSA) is 73.3 Å². The molecule has 0 saturated carbocycles. The van der Waals surface area contributed by atoms with Gasteiger partial charge in [0, 0.05) is 13.1 Å². The molecule has 0 spiro atoms. The molecule has 0 radical (unpaired) electrons. The van der Waals surface area contributed by atoms with E-state index >= 15 is 0 Å². The predicted molar refractivity (Wildman–Crippen MR) is 50.7 cm³/mol. The van der Waals surface area contributed by atoms with Crippen LogP contribution in [0.2, 0.25) is 0 Å². The zero-order chi connectivity index (χ0) is 12.1. The van der Waals surface area contributed by atoms with E-state index in [2.05, 4.69) is 0 Å². The van der Waals surface area contributed by atoms with Gasteiger partial charge in [0.05, 0.1) is 6.61 Å². The lowest BCUT2D eigenvalue weighted by Crippen LogP contribution is -2.44. The van der Waals surface area contributed by atoms with Crippen molar-refractivity contribution in [3.05, 3.63) is 0 Å². The van der Waals surface area contributed by atoms with E-state index in [1.807, 2.05) is 0 Å². The van der Waals surface area contributed by atoms with Gasteiger partial charge in [-0.05, 0) is 6.54 Å². The molecule has 0 aromatic heterocycles. The van der Waals surface area contributed by atoms with Crippen molar-refractivity contribution in [1.82, 2.24) is 4.90 Å². The Morgan fingerprint density at radius 3 is 2.33 bits per heavy atom. The molecular weight excluding hydrogens is 211 g/mol. The van der Waals surface area contributed by atoms with E-state index in [0.29, 0.717) is 6.54 Å². The Hall–Kier alpha value is -0.820. The molecule has 0 aliphatic carbocycles. The molecule has 0 rings (SSSR count). The summed E-state index contributed by atoms with van der Waals surface area (Å²) in [5.41, 5.74) is 4.90. The van der Waals surface area contributed by atoms with E-state index in [0.717, 1.165) is 0 Å². The molecule has 0 saturated heterocycles. The maximum absolute atomic E-state index is 12.4. The molecule has 0 aromatic rings. The number of aliphatic hydroxyl groups excluding tert-OH is 1. The van der Waals surface area contributed by atoms with Crippen molar-refractivity contribution in [2.45, 2.75) is 13.1 Å². The Kier molecular flexibility index (Phi) is 5.59. The molecule has 0 heterocycles. The van der Waals surface area contributed by atoms with Crippen molar-refractivity contribution in [3.8, 4) is 0 Å². The van der Waals surface area contributed by atoms with Gasteiger partial charge in [-0.15, -0.1) is 0 Å². The molecule has 0 bridgehead atoms. The first-order chi connectivity index (χ1) is 6.82. The molecule has 4 N–H and O–H groups in total. The van der Waals surface area contributed by atoms with Crippen molar-refractivity contribution in [1.29, 1.82) is 5.41 Å². The van der Waals surface area contributed by atoms with Gasteiger partial charge in [-0.25, -0.2) is 0 Å². The summed E-state index contributed by atoms with van der Waals surface area (Å²) in [6.07, 6.45) is -4.51. The molecule has 0 fully saturated rings. The van der Waals surface area contributed by atoms with E-state index in [9.17, 15) is 13.2 Å².